The molecule has 1 aromatic rings. The van der Waals surface area contributed by atoms with Crippen molar-refractivity contribution in [3.8, 4) is 0 Å². The second kappa shape index (κ2) is 99.7. The number of esters is 1. The normalized spacial score (nSPS) is 12.7. The first kappa shape index (κ1) is 152. The van der Waals surface area contributed by atoms with Crippen LogP contribution in [0.1, 0.15) is 73.6 Å². The van der Waals surface area contributed by atoms with Gasteiger partial charge in [0, 0.05) is 273 Å². The molecule has 1 saturated heterocycles. The molecule has 1 atom stereocenters. The van der Waals surface area contributed by atoms with E-state index in [1.165, 1.54) is 5.70 Å². The Labute approximate surface area is 839 Å². The van der Waals surface area contributed by atoms with Crippen molar-refractivity contribution in [3.05, 3.63) is 91.6 Å². The van der Waals surface area contributed by atoms with E-state index in [1.807, 2.05) is 43.8 Å². The standard InChI is InChI=1S/C11H24O6Si.C10H22O5Si.C10H20O5Si.C9H14O3Si.C8H18O6Si.C6H15ClO3Si.C6H16O3SSi.C6H16O3Si.2C5H12O3Si.C4H12O3Si/c1-5-18(15-9-6-12-2,16-10-7-13-3)17-11-8-14-4;1-4-15-16(11-2,12-3)7-5-6-13-8-10-9-14-10;1-9(2)10(11)15-7-6-8-16(12-3,13-4)14-5;1-10-13(11-2,12-3)9-7-5-4-6-8-9;1-5-9-12-15(8-4,13-10-6-2)14-11-7-3;1-8-11(9-2,10-3)6-4-5-7;1-7-11(8-2,9-3)6-4-5-10;1-5-6-10(7-2,8-3)9-4;2*1-5-9(6-2,7-3)8-4;1-5-8(4,6-2)7-3/h5H,1,6-11H2,2-4H3;10H,4-9H2,1-3H3;1,6-8H2,2-5H3;4-8H,1-3H3;8H,4-7H2,1-3H3;4-6H2,1-3H3;10H,4-6H2,1-3H3;5-6H2,1-4H3;2*5H,1H2,2-4H3;1-4H3. The molecule has 0 N–H and O–H groups in total. The van der Waals surface area contributed by atoms with Crippen molar-refractivity contribution in [3.63, 3.8) is 0 Å². The van der Waals surface area contributed by atoms with E-state index < -0.39 is 96.8 Å². The van der Waals surface area contributed by atoms with Crippen molar-refractivity contribution in [1.82, 2.24) is 0 Å². The summed E-state index contributed by atoms with van der Waals surface area (Å²) in [5, 5.41) is 0.975. The molecule has 1 aromatic carbocycles. The molecule has 0 bridgehead atoms. The molecule has 0 radical (unpaired) electrons. The molecule has 2 rings (SSSR count). The number of epoxide rings is 1. The lowest BCUT2D eigenvalue weighted by atomic mass is 10.4. The molecule has 1 unspecified atom stereocenters. The molecule has 0 spiro atoms. The lowest BCUT2D eigenvalue weighted by Crippen LogP contribution is -2.54. The fourth-order valence-corrected chi connectivity index (χ4v) is 26.1. The van der Waals surface area contributed by atoms with E-state index in [0.29, 0.717) is 116 Å². The zero-order valence-corrected chi connectivity index (χ0v) is 102. The number of hydrogen-bond acceptors (Lipinski definition) is 44. The van der Waals surface area contributed by atoms with Gasteiger partial charge in [-0.3, -0.25) is 0 Å². The van der Waals surface area contributed by atoms with E-state index >= 15 is 0 Å². The van der Waals surface area contributed by atoms with Gasteiger partial charge >= 0.3 is 103 Å². The topological polar surface area (TPSA) is 408 Å². The van der Waals surface area contributed by atoms with Crippen LogP contribution in [0.2, 0.25) is 36.8 Å². The van der Waals surface area contributed by atoms with Gasteiger partial charge in [0.1, 0.15) is 6.10 Å². The molecule has 0 saturated carbocycles. The molecule has 1 fully saturated rings. The number of ether oxygens (including phenoxy) is 6. The number of alkyl halides is 1. The average molecular weight is 2210 g/mol. The molecule has 1 aliphatic heterocycles. The Morgan fingerprint density at radius 1 is 0.382 bits per heavy atom. The van der Waals surface area contributed by atoms with Gasteiger partial charge in [-0.1, -0.05) is 76.6 Å². The average Bonchev–Trinajstić information content (AvgIpc) is 1.57. The number of methoxy groups -OCH3 is 3. The Balaban J connectivity index is -0.000000188. The third-order valence-corrected chi connectivity index (χ3v) is 45.8. The fraction of sp³-hybridized carbons (Fsp3) is 0.787. The Morgan fingerprint density at radius 3 is 0.919 bits per heavy atom. The first-order valence-corrected chi connectivity index (χ1v) is 65.0. The van der Waals surface area contributed by atoms with Crippen molar-refractivity contribution < 1.29 is 194 Å². The molecule has 816 valence electrons. The molecule has 136 heavy (non-hydrogen) atoms. The van der Waals surface area contributed by atoms with E-state index in [-0.39, 0.29) is 5.97 Å². The van der Waals surface area contributed by atoms with Crippen LogP contribution in [0, 0.1) is 0 Å². The first-order chi connectivity index (χ1) is 64.9. The minimum atomic E-state index is -3.24. The van der Waals surface area contributed by atoms with Crippen LogP contribution in [0.5, 0.6) is 0 Å². The van der Waals surface area contributed by atoms with E-state index in [0.717, 1.165) is 67.4 Å². The van der Waals surface area contributed by atoms with E-state index in [9.17, 15) is 4.79 Å². The maximum atomic E-state index is 11.1. The number of rotatable bonds is 73. The Hall–Kier alpha value is -1.22. The minimum absolute atomic E-state index is 0.316. The van der Waals surface area contributed by atoms with Crippen molar-refractivity contribution in [2.45, 2.75) is 117 Å². The van der Waals surface area contributed by atoms with Gasteiger partial charge < -0.3 is 161 Å². The van der Waals surface area contributed by atoms with Crippen molar-refractivity contribution in [2.24, 2.45) is 0 Å². The Kier molecular flexibility index (Phi) is 112. The molecule has 0 aromatic heterocycles. The van der Waals surface area contributed by atoms with Gasteiger partial charge in [0.05, 0.1) is 79.3 Å². The molecule has 1 aliphatic rings. The van der Waals surface area contributed by atoms with E-state index in [1.54, 1.807) is 251 Å². The maximum Gasteiger partial charge on any atom is 0.612 e. The number of benzene rings is 1. The van der Waals surface area contributed by atoms with Crippen LogP contribution in [-0.4, -0.2) is 419 Å². The van der Waals surface area contributed by atoms with Crippen LogP contribution in [0.25, 0.3) is 0 Å². The van der Waals surface area contributed by atoms with Crippen LogP contribution < -0.4 is 5.19 Å². The summed E-state index contributed by atoms with van der Waals surface area (Å²) >= 11 is 9.64. The summed E-state index contributed by atoms with van der Waals surface area (Å²) < 4.78 is 201. The highest BCUT2D eigenvalue weighted by Gasteiger charge is 2.46. The summed E-state index contributed by atoms with van der Waals surface area (Å²) in [6.07, 6.45) is 4.72. The number of carbonyl (C=O) groups is 1. The second-order valence-corrected chi connectivity index (χ2v) is 58.0. The highest BCUT2D eigenvalue weighted by molar-refractivity contribution is 7.80. The van der Waals surface area contributed by atoms with Crippen molar-refractivity contribution in [2.75, 3.05) is 310 Å². The van der Waals surface area contributed by atoms with Crippen molar-refractivity contribution >= 4 is 132 Å². The van der Waals surface area contributed by atoms with Gasteiger partial charge in [-0.2, -0.15) is 12.6 Å². The summed E-state index contributed by atoms with van der Waals surface area (Å²) in [6.45, 7) is 37.5. The van der Waals surface area contributed by atoms with Crippen LogP contribution in [0.15, 0.2) is 91.6 Å². The van der Waals surface area contributed by atoms with Gasteiger partial charge in [-0.15, -0.1) is 11.6 Å². The van der Waals surface area contributed by atoms with Crippen LogP contribution >= 0.6 is 24.2 Å². The largest absolute Gasteiger partial charge is 0.612 e. The minimum Gasteiger partial charge on any atom is -0.462 e. The molecule has 43 nitrogen and oxygen atoms in total. The third kappa shape index (κ3) is 73.0. The zero-order valence-electron chi connectivity index (χ0n) is 89.1. The van der Waals surface area contributed by atoms with Crippen LogP contribution in [0.4, 0.5) is 0 Å². The van der Waals surface area contributed by atoms with Gasteiger partial charge in [0.15, 0.2) is 0 Å². The fourth-order valence-electron chi connectivity index (χ4n) is 9.32. The molecular weight excluding hydrogens is 2030 g/mol. The molecular formula is C80H181ClO43SSi11. The highest BCUT2D eigenvalue weighted by Crippen LogP contribution is 2.22. The van der Waals surface area contributed by atoms with Gasteiger partial charge in [-0.25, -0.2) is 33.2 Å². The summed E-state index contributed by atoms with van der Waals surface area (Å²) in [7, 11) is 18.7. The smallest absolute Gasteiger partial charge is 0.462 e. The molecule has 56 heteroatoms. The van der Waals surface area contributed by atoms with E-state index in [4.69, 9.17) is 201 Å². The summed E-state index contributed by atoms with van der Waals surface area (Å²) in [5.74, 6) is 1.08. The van der Waals surface area contributed by atoms with Crippen LogP contribution in [0.3, 0.4) is 0 Å². The number of thiol groups is 1. The van der Waals surface area contributed by atoms with Gasteiger partial charge in [0.25, 0.3) is 0 Å². The van der Waals surface area contributed by atoms with Crippen molar-refractivity contribution in [1.29, 1.82) is 0 Å². The monoisotopic (exact) mass is 2200 g/mol. The third-order valence-electron chi connectivity index (χ3n) is 17.6. The molecule has 0 amide bonds. The number of carbonyl (C=O) groups excluding carboxylic acids is 1. The maximum absolute atomic E-state index is 11.1. The highest BCUT2D eigenvalue weighted by atomic mass is 35.5. The van der Waals surface area contributed by atoms with Gasteiger partial charge in [-0.05, 0) is 88.9 Å². The summed E-state index contributed by atoms with van der Waals surface area (Å²) in [6, 6.07) is 13.6. The quantitative estimate of drug-likeness (QED) is 0.00728. The summed E-state index contributed by atoms with van der Waals surface area (Å²) in [4.78, 5) is 25.4. The van der Waals surface area contributed by atoms with Gasteiger partial charge in [0.2, 0.25) is 0 Å². The lowest BCUT2D eigenvalue weighted by molar-refractivity contribution is -0.355. The predicted molar refractivity (Wildman–Crippen MR) is 545 cm³/mol. The molecule has 1 heterocycles. The van der Waals surface area contributed by atoms with Crippen LogP contribution in [-0.2, 0) is 194 Å². The SMILES string of the molecule is C=C(C)C(=O)OCCC[Si](OC)(OC)OC.C=C[Si](OC)(OC)OC.C=C[Si](OC)(OC)OC.C=C[Si](OCCOC)(OCCOC)OCCOC.C=C[Si](OOCC)(OOCC)OOCC.CCC[Si](OC)(OC)OC.CCO[Si](CCCOCC1CO1)(OC)OC.CO[Si](C)(OC)OC.CO[Si](CCCCl)(OC)OC.CO[Si](CCCS)(OC)OC.CO[Si](OC)(OC)c1ccccc1. The predicted octanol–water partition coefficient (Wildman–Crippen LogP) is 11.0. The number of halogens is 1. The first-order valence-electron chi connectivity index (χ1n) is 43.0. The Bertz CT molecular complexity index is 2610. The number of hydrogen-bond donors (Lipinski definition) is 1. The molecule has 0 aliphatic carbocycles. The lowest BCUT2D eigenvalue weighted by Gasteiger charge is -2.26. The zero-order chi connectivity index (χ0) is 106. The Morgan fingerprint density at radius 2 is 0.691 bits per heavy atom. The summed E-state index contributed by atoms with van der Waals surface area (Å²) in [5.41, 5.74) is 6.51. The second-order valence-electron chi connectivity index (χ2n) is 25.7. The van der Waals surface area contributed by atoms with E-state index in [2.05, 4.69) is 52.4 Å².